The number of carboxylic acid groups (broad SMARTS) is 1. The Bertz CT molecular complexity index is 618. The van der Waals surface area contributed by atoms with Gasteiger partial charge in [0.1, 0.15) is 11.5 Å². The first-order chi connectivity index (χ1) is 8.91. The minimum atomic E-state index is -0.854. The molecule has 2 heterocycles. The van der Waals surface area contributed by atoms with Gasteiger partial charge in [-0.25, -0.2) is 4.79 Å². The highest BCUT2D eigenvalue weighted by Crippen LogP contribution is 2.29. The van der Waals surface area contributed by atoms with Crippen molar-refractivity contribution in [1.29, 1.82) is 0 Å². The van der Waals surface area contributed by atoms with E-state index in [-0.39, 0.29) is 6.42 Å². The van der Waals surface area contributed by atoms with Crippen LogP contribution in [-0.4, -0.2) is 40.9 Å². The molecule has 1 aromatic heterocycles. The molecule has 19 heavy (non-hydrogen) atoms. The fourth-order valence-electron chi connectivity index (χ4n) is 2.29. The number of hydrogen-bond acceptors (Lipinski definition) is 5. The number of aromatic nitrogens is 2. The van der Waals surface area contributed by atoms with Crippen molar-refractivity contribution in [3.05, 3.63) is 20.8 Å². The van der Waals surface area contributed by atoms with Crippen molar-refractivity contribution < 1.29 is 9.90 Å². The standard InChI is InChI=1S/C11H16N4O4/c1-13-6-15(5-3-4-7(16)17)10-8(13)9(18)12-11(19)14(10)2/h3-6H2,1-2H3,(H,16,17)(H,12,18,19). The fraction of sp³-hybridized carbons (Fsp3) is 0.545. The number of H-pyrrole nitrogens is 1. The summed E-state index contributed by atoms with van der Waals surface area (Å²) in [6.07, 6.45) is 0.524. The Balaban J connectivity index is 2.32. The number of fused-ring (bicyclic) bond motifs is 1. The number of carbonyl (C=O) groups is 1. The smallest absolute Gasteiger partial charge is 0.329 e. The third-order valence-corrected chi connectivity index (χ3v) is 3.15. The van der Waals surface area contributed by atoms with Crippen LogP contribution in [0.1, 0.15) is 12.8 Å². The van der Waals surface area contributed by atoms with E-state index < -0.39 is 17.2 Å². The van der Waals surface area contributed by atoms with E-state index in [1.165, 1.54) is 4.57 Å². The zero-order chi connectivity index (χ0) is 14.2. The Morgan fingerprint density at radius 2 is 2.05 bits per heavy atom. The summed E-state index contributed by atoms with van der Waals surface area (Å²) in [5, 5.41) is 8.64. The predicted octanol–water partition coefficient (Wildman–Crippen LogP) is -0.848. The molecule has 0 saturated carbocycles. The molecule has 2 N–H and O–H groups in total. The third kappa shape index (κ3) is 2.33. The maximum absolute atomic E-state index is 11.8. The van der Waals surface area contributed by atoms with Gasteiger partial charge in [-0.2, -0.15) is 0 Å². The first-order valence-electron chi connectivity index (χ1n) is 5.93. The summed E-state index contributed by atoms with van der Waals surface area (Å²) in [7, 11) is 3.34. The van der Waals surface area contributed by atoms with Gasteiger partial charge in [0.15, 0.2) is 0 Å². The Kier molecular flexibility index (Phi) is 3.32. The summed E-state index contributed by atoms with van der Waals surface area (Å²) < 4.78 is 1.38. The van der Waals surface area contributed by atoms with E-state index in [0.29, 0.717) is 31.1 Å². The Hall–Kier alpha value is -2.25. The van der Waals surface area contributed by atoms with Gasteiger partial charge in [0, 0.05) is 27.1 Å². The van der Waals surface area contributed by atoms with Gasteiger partial charge in [0.05, 0.1) is 6.67 Å². The van der Waals surface area contributed by atoms with Crippen LogP contribution in [0.25, 0.3) is 0 Å². The van der Waals surface area contributed by atoms with E-state index in [0.717, 1.165) is 0 Å². The SMILES string of the molecule is CN1CN(CCCC(=O)O)c2c1c(=O)[nH]c(=O)n2C. The number of nitrogens with one attached hydrogen (secondary N) is 1. The van der Waals surface area contributed by atoms with Crippen LogP contribution in [0.5, 0.6) is 0 Å². The molecular formula is C11H16N4O4. The van der Waals surface area contributed by atoms with Gasteiger partial charge in [-0.1, -0.05) is 0 Å². The van der Waals surface area contributed by atoms with Crippen molar-refractivity contribution in [1.82, 2.24) is 9.55 Å². The Morgan fingerprint density at radius 1 is 1.37 bits per heavy atom. The molecule has 0 bridgehead atoms. The first-order valence-corrected chi connectivity index (χ1v) is 5.93. The number of aromatic amines is 1. The monoisotopic (exact) mass is 268 g/mol. The zero-order valence-corrected chi connectivity index (χ0v) is 10.8. The average Bonchev–Trinajstić information content (AvgIpc) is 2.63. The minimum absolute atomic E-state index is 0.0622. The van der Waals surface area contributed by atoms with E-state index in [2.05, 4.69) is 4.98 Å². The highest BCUT2D eigenvalue weighted by Gasteiger charge is 2.29. The maximum atomic E-state index is 11.8. The molecule has 1 aliphatic rings. The zero-order valence-electron chi connectivity index (χ0n) is 10.8. The van der Waals surface area contributed by atoms with E-state index >= 15 is 0 Å². The van der Waals surface area contributed by atoms with Crippen molar-refractivity contribution in [2.45, 2.75) is 12.8 Å². The van der Waals surface area contributed by atoms with Gasteiger partial charge in [0.2, 0.25) is 0 Å². The van der Waals surface area contributed by atoms with Crippen molar-refractivity contribution in [3.63, 3.8) is 0 Å². The second kappa shape index (κ2) is 4.79. The van der Waals surface area contributed by atoms with Crippen LogP contribution in [0.4, 0.5) is 11.5 Å². The van der Waals surface area contributed by atoms with E-state index in [1.54, 1.807) is 19.0 Å². The number of carboxylic acids is 1. The largest absolute Gasteiger partial charge is 0.481 e. The van der Waals surface area contributed by atoms with E-state index in [1.807, 2.05) is 4.90 Å². The quantitative estimate of drug-likeness (QED) is 0.738. The predicted molar refractivity (Wildman–Crippen MR) is 69.8 cm³/mol. The van der Waals surface area contributed by atoms with Gasteiger partial charge < -0.3 is 14.9 Å². The molecule has 2 rings (SSSR count). The summed E-state index contributed by atoms with van der Waals surface area (Å²) in [5.41, 5.74) is -0.443. The molecule has 1 aliphatic heterocycles. The lowest BCUT2D eigenvalue weighted by Gasteiger charge is -2.19. The minimum Gasteiger partial charge on any atom is -0.481 e. The third-order valence-electron chi connectivity index (χ3n) is 3.15. The number of hydrogen-bond donors (Lipinski definition) is 2. The van der Waals surface area contributed by atoms with Gasteiger partial charge in [-0.05, 0) is 6.42 Å². The molecule has 0 unspecified atom stereocenters. The molecule has 8 heteroatoms. The molecule has 0 atom stereocenters. The topological polar surface area (TPSA) is 98.6 Å². The van der Waals surface area contributed by atoms with Crippen LogP contribution < -0.4 is 21.0 Å². The molecule has 0 fully saturated rings. The second-order valence-electron chi connectivity index (χ2n) is 4.59. The van der Waals surface area contributed by atoms with Crippen LogP contribution >= 0.6 is 0 Å². The summed E-state index contributed by atoms with van der Waals surface area (Å²) in [6, 6.07) is 0. The van der Waals surface area contributed by atoms with Crippen molar-refractivity contribution in [3.8, 4) is 0 Å². The number of anilines is 2. The number of rotatable bonds is 4. The summed E-state index contributed by atoms with van der Waals surface area (Å²) in [5.74, 6) is -0.311. The van der Waals surface area contributed by atoms with Crippen molar-refractivity contribution >= 4 is 17.5 Å². The highest BCUT2D eigenvalue weighted by atomic mass is 16.4. The molecule has 0 saturated heterocycles. The maximum Gasteiger partial charge on any atom is 0.329 e. The number of nitrogens with zero attached hydrogens (tertiary/aromatic N) is 3. The molecule has 8 nitrogen and oxygen atoms in total. The second-order valence-corrected chi connectivity index (χ2v) is 4.59. The van der Waals surface area contributed by atoms with Crippen LogP contribution in [0.2, 0.25) is 0 Å². The average molecular weight is 268 g/mol. The fourth-order valence-corrected chi connectivity index (χ4v) is 2.29. The van der Waals surface area contributed by atoms with Gasteiger partial charge >= 0.3 is 11.7 Å². The van der Waals surface area contributed by atoms with E-state index in [9.17, 15) is 14.4 Å². The van der Waals surface area contributed by atoms with Gasteiger partial charge in [0.25, 0.3) is 5.56 Å². The van der Waals surface area contributed by atoms with Crippen LogP contribution in [0, 0.1) is 0 Å². The van der Waals surface area contributed by atoms with Crippen molar-refractivity contribution in [2.75, 3.05) is 30.1 Å². The van der Waals surface area contributed by atoms with E-state index in [4.69, 9.17) is 5.11 Å². The molecule has 0 aromatic carbocycles. The molecule has 0 amide bonds. The Labute approximate surface area is 108 Å². The number of aliphatic carboxylic acids is 1. The van der Waals surface area contributed by atoms with Gasteiger partial charge in [-0.3, -0.25) is 19.1 Å². The van der Waals surface area contributed by atoms with Crippen molar-refractivity contribution in [2.24, 2.45) is 7.05 Å². The van der Waals surface area contributed by atoms with Crippen LogP contribution in [0.3, 0.4) is 0 Å². The first kappa shape index (κ1) is 13.2. The lowest BCUT2D eigenvalue weighted by molar-refractivity contribution is -0.137. The molecule has 0 radical (unpaired) electrons. The van der Waals surface area contributed by atoms with Gasteiger partial charge in [-0.15, -0.1) is 0 Å². The molecular weight excluding hydrogens is 252 g/mol. The molecule has 0 spiro atoms. The normalized spacial score (nSPS) is 13.8. The molecule has 1 aromatic rings. The summed E-state index contributed by atoms with van der Waals surface area (Å²) >= 11 is 0. The Morgan fingerprint density at radius 3 is 2.68 bits per heavy atom. The molecule has 104 valence electrons. The summed E-state index contributed by atoms with van der Waals surface area (Å²) in [6.45, 7) is 0.954. The highest BCUT2D eigenvalue weighted by molar-refractivity contribution is 5.71. The lowest BCUT2D eigenvalue weighted by Crippen LogP contribution is -2.32. The molecule has 0 aliphatic carbocycles. The van der Waals surface area contributed by atoms with Crippen LogP contribution in [0.15, 0.2) is 9.59 Å². The summed E-state index contributed by atoms with van der Waals surface area (Å²) in [4.78, 5) is 39.8. The van der Waals surface area contributed by atoms with Crippen LogP contribution in [-0.2, 0) is 11.8 Å². The lowest BCUT2D eigenvalue weighted by atomic mass is 10.3.